The SMILES string of the molecule is CC(C)(C)c1ccc(-c2nnc(SCC(=O)N/N=C\c3ccc(O)cc3)n2-c2ccccc2)cc1. The van der Waals surface area contributed by atoms with Gasteiger partial charge in [0, 0.05) is 11.3 Å². The van der Waals surface area contributed by atoms with E-state index in [9.17, 15) is 9.90 Å². The number of phenolic OH excluding ortho intramolecular Hbond substituents is 1. The van der Waals surface area contributed by atoms with E-state index in [1.807, 2.05) is 34.9 Å². The lowest BCUT2D eigenvalue weighted by Crippen LogP contribution is -2.20. The number of para-hydroxylation sites is 1. The Kier molecular flexibility index (Phi) is 7.31. The molecule has 0 spiro atoms. The van der Waals surface area contributed by atoms with Crippen LogP contribution in [0.25, 0.3) is 17.1 Å². The van der Waals surface area contributed by atoms with E-state index in [1.54, 1.807) is 24.3 Å². The smallest absolute Gasteiger partial charge is 0.250 e. The fourth-order valence-electron chi connectivity index (χ4n) is 3.38. The molecule has 0 aliphatic rings. The molecule has 1 heterocycles. The molecule has 0 fully saturated rings. The molecule has 0 aliphatic carbocycles. The Morgan fingerprint density at radius 1 is 1.00 bits per heavy atom. The highest BCUT2D eigenvalue weighted by molar-refractivity contribution is 7.99. The van der Waals surface area contributed by atoms with Gasteiger partial charge < -0.3 is 5.11 Å². The van der Waals surface area contributed by atoms with E-state index < -0.39 is 0 Å². The van der Waals surface area contributed by atoms with E-state index >= 15 is 0 Å². The van der Waals surface area contributed by atoms with Crippen molar-refractivity contribution in [3.63, 3.8) is 0 Å². The van der Waals surface area contributed by atoms with Crippen molar-refractivity contribution in [2.75, 3.05) is 5.75 Å². The lowest BCUT2D eigenvalue weighted by atomic mass is 9.87. The zero-order valence-electron chi connectivity index (χ0n) is 19.8. The van der Waals surface area contributed by atoms with E-state index in [0.717, 1.165) is 16.8 Å². The molecule has 0 radical (unpaired) electrons. The topological polar surface area (TPSA) is 92.4 Å². The number of hydrazone groups is 1. The first-order valence-corrected chi connectivity index (χ1v) is 12.2. The maximum Gasteiger partial charge on any atom is 0.250 e. The molecule has 1 aromatic heterocycles. The number of nitrogens with one attached hydrogen (secondary N) is 1. The van der Waals surface area contributed by atoms with E-state index in [0.29, 0.717) is 11.0 Å². The van der Waals surface area contributed by atoms with Gasteiger partial charge in [-0.05, 0) is 52.9 Å². The zero-order chi connectivity index (χ0) is 24.8. The van der Waals surface area contributed by atoms with Crippen molar-refractivity contribution in [1.29, 1.82) is 0 Å². The fraction of sp³-hybridized carbons (Fsp3) is 0.185. The summed E-state index contributed by atoms with van der Waals surface area (Å²) >= 11 is 1.29. The number of rotatable bonds is 7. The number of carbonyl (C=O) groups excluding carboxylic acids is 1. The van der Waals surface area contributed by atoms with Crippen molar-refractivity contribution in [2.24, 2.45) is 5.10 Å². The monoisotopic (exact) mass is 485 g/mol. The van der Waals surface area contributed by atoms with E-state index in [2.05, 4.69) is 65.8 Å². The molecular formula is C27H27N5O2S. The third-order valence-corrected chi connectivity index (χ3v) is 6.21. The largest absolute Gasteiger partial charge is 0.508 e. The number of hydrogen-bond acceptors (Lipinski definition) is 6. The first-order chi connectivity index (χ1) is 16.8. The Labute approximate surface area is 208 Å². The van der Waals surface area contributed by atoms with Crippen molar-refractivity contribution >= 4 is 23.9 Å². The molecule has 0 bridgehead atoms. The van der Waals surface area contributed by atoms with Gasteiger partial charge in [0.1, 0.15) is 5.75 Å². The molecule has 0 aliphatic heterocycles. The second kappa shape index (κ2) is 10.6. The molecule has 0 saturated heterocycles. The zero-order valence-corrected chi connectivity index (χ0v) is 20.7. The minimum atomic E-state index is -0.260. The maximum atomic E-state index is 12.4. The van der Waals surface area contributed by atoms with Gasteiger partial charge in [0.25, 0.3) is 5.91 Å². The molecule has 0 atom stereocenters. The molecule has 1 amide bonds. The Balaban J connectivity index is 1.51. The number of aromatic hydroxyl groups is 1. The van der Waals surface area contributed by atoms with Crippen molar-refractivity contribution in [2.45, 2.75) is 31.3 Å². The summed E-state index contributed by atoms with van der Waals surface area (Å²) in [5, 5.41) is 22.8. The molecule has 0 unspecified atom stereocenters. The van der Waals surface area contributed by atoms with Crippen LogP contribution < -0.4 is 5.43 Å². The molecule has 0 saturated carbocycles. The normalized spacial score (nSPS) is 11.6. The third-order valence-electron chi connectivity index (χ3n) is 5.29. The molecule has 3 aromatic carbocycles. The summed E-state index contributed by atoms with van der Waals surface area (Å²) in [6, 6.07) is 24.7. The van der Waals surface area contributed by atoms with Crippen molar-refractivity contribution < 1.29 is 9.90 Å². The van der Waals surface area contributed by atoms with Crippen LogP contribution in [0.5, 0.6) is 5.75 Å². The Morgan fingerprint density at radius 3 is 2.34 bits per heavy atom. The van der Waals surface area contributed by atoms with Gasteiger partial charge >= 0.3 is 0 Å². The summed E-state index contributed by atoms with van der Waals surface area (Å²) < 4.78 is 1.96. The minimum absolute atomic E-state index is 0.0603. The van der Waals surface area contributed by atoms with E-state index in [-0.39, 0.29) is 22.8 Å². The number of phenols is 1. The maximum absolute atomic E-state index is 12.4. The lowest BCUT2D eigenvalue weighted by Gasteiger charge is -2.19. The van der Waals surface area contributed by atoms with Gasteiger partial charge in [-0.3, -0.25) is 9.36 Å². The molecule has 4 rings (SSSR count). The summed E-state index contributed by atoms with van der Waals surface area (Å²) in [7, 11) is 0. The fourth-order valence-corrected chi connectivity index (χ4v) is 4.13. The summed E-state index contributed by atoms with van der Waals surface area (Å²) in [4.78, 5) is 12.4. The molecule has 8 heteroatoms. The second-order valence-corrected chi connectivity index (χ2v) is 9.92. The molecular weight excluding hydrogens is 458 g/mol. The molecule has 178 valence electrons. The number of hydrogen-bond donors (Lipinski definition) is 2. The Bertz CT molecular complexity index is 1310. The first kappa shape index (κ1) is 24.2. The van der Waals surface area contributed by atoms with Gasteiger partial charge in [0.2, 0.25) is 0 Å². The number of nitrogens with zero attached hydrogens (tertiary/aromatic N) is 4. The van der Waals surface area contributed by atoms with Crippen molar-refractivity contribution in [3.05, 3.63) is 90.0 Å². The van der Waals surface area contributed by atoms with Crippen molar-refractivity contribution in [1.82, 2.24) is 20.2 Å². The van der Waals surface area contributed by atoms with Crippen LogP contribution in [0, 0.1) is 0 Å². The van der Waals surface area contributed by atoms with Gasteiger partial charge in [-0.1, -0.05) is 75.0 Å². The quantitative estimate of drug-likeness (QED) is 0.214. The van der Waals surface area contributed by atoms with Crippen LogP contribution in [0.4, 0.5) is 0 Å². The Morgan fingerprint density at radius 2 is 1.69 bits per heavy atom. The minimum Gasteiger partial charge on any atom is -0.508 e. The highest BCUT2D eigenvalue weighted by atomic mass is 32.2. The highest BCUT2D eigenvalue weighted by Crippen LogP contribution is 2.30. The van der Waals surface area contributed by atoms with Crippen molar-refractivity contribution in [3.8, 4) is 22.8 Å². The standard InChI is InChI=1S/C27H27N5O2S/c1-27(2,3)21-13-11-20(12-14-21)25-30-31-26(32(25)22-7-5-4-6-8-22)35-18-24(34)29-28-17-19-9-15-23(33)16-10-19/h4-17,33H,18H2,1-3H3,(H,29,34)/b28-17-. The predicted octanol–water partition coefficient (Wildman–Crippen LogP) is 5.18. The van der Waals surface area contributed by atoms with Gasteiger partial charge in [-0.2, -0.15) is 5.10 Å². The number of amides is 1. The third kappa shape index (κ3) is 6.16. The number of thioether (sulfide) groups is 1. The molecule has 7 nitrogen and oxygen atoms in total. The molecule has 4 aromatic rings. The average Bonchev–Trinajstić information content (AvgIpc) is 3.28. The molecule has 2 N–H and O–H groups in total. The predicted molar refractivity (Wildman–Crippen MR) is 140 cm³/mol. The van der Waals surface area contributed by atoms with Crippen LogP contribution in [-0.4, -0.2) is 37.7 Å². The van der Waals surface area contributed by atoms with Crippen LogP contribution in [0.15, 0.2) is 89.1 Å². The summed E-state index contributed by atoms with van der Waals surface area (Å²) in [5.41, 5.74) is 6.46. The second-order valence-electron chi connectivity index (χ2n) is 8.98. The first-order valence-electron chi connectivity index (χ1n) is 11.2. The van der Waals surface area contributed by atoms with Crippen LogP contribution >= 0.6 is 11.8 Å². The molecule has 35 heavy (non-hydrogen) atoms. The van der Waals surface area contributed by atoms with Crippen LogP contribution in [0.2, 0.25) is 0 Å². The summed E-state index contributed by atoms with van der Waals surface area (Å²) in [5.74, 6) is 0.754. The van der Waals surface area contributed by atoms with Gasteiger partial charge in [0.05, 0.1) is 12.0 Å². The van der Waals surface area contributed by atoms with Gasteiger partial charge in [-0.25, -0.2) is 5.43 Å². The Hall–Kier alpha value is -3.91. The summed E-state index contributed by atoms with van der Waals surface area (Å²) in [6.07, 6.45) is 1.52. The highest BCUT2D eigenvalue weighted by Gasteiger charge is 2.19. The summed E-state index contributed by atoms with van der Waals surface area (Å²) in [6.45, 7) is 6.55. The number of aromatic nitrogens is 3. The van der Waals surface area contributed by atoms with Gasteiger partial charge in [0.15, 0.2) is 11.0 Å². The number of benzene rings is 3. The van der Waals surface area contributed by atoms with E-state index in [4.69, 9.17) is 0 Å². The van der Waals surface area contributed by atoms with Gasteiger partial charge in [-0.15, -0.1) is 10.2 Å². The lowest BCUT2D eigenvalue weighted by molar-refractivity contribution is -0.118. The van der Waals surface area contributed by atoms with Crippen LogP contribution in [0.3, 0.4) is 0 Å². The average molecular weight is 486 g/mol. The van der Waals surface area contributed by atoms with E-state index in [1.165, 1.54) is 23.5 Å². The number of carbonyl (C=O) groups is 1. The van der Waals surface area contributed by atoms with Crippen LogP contribution in [-0.2, 0) is 10.2 Å². The van der Waals surface area contributed by atoms with Crippen LogP contribution in [0.1, 0.15) is 31.9 Å².